The molecular weight excluding hydrogens is 368 g/mol. The normalized spacial score (nSPS) is 11.3. The number of hydrogen-bond acceptors (Lipinski definition) is 6. The molecule has 3 aromatic rings. The zero-order valence-electron chi connectivity index (χ0n) is 14.5. The molecule has 0 bridgehead atoms. The van der Waals surface area contributed by atoms with Gasteiger partial charge < -0.3 is 9.73 Å². The number of carbonyl (C=O) groups is 1. The minimum absolute atomic E-state index is 0.0921. The van der Waals surface area contributed by atoms with Crippen molar-refractivity contribution in [1.29, 1.82) is 0 Å². The second-order valence-electron chi connectivity index (χ2n) is 5.75. The largest absolute Gasteiger partial charge is 0.463 e. The number of furan rings is 1. The topological polar surface area (TPSA) is 114 Å². The smallest absolute Gasteiger partial charge is 0.241 e. The molecule has 0 aliphatic carbocycles. The summed E-state index contributed by atoms with van der Waals surface area (Å²) in [6, 6.07) is 9.92. The monoisotopic (exact) mass is 386 g/mol. The zero-order valence-corrected chi connectivity index (χ0v) is 15.4. The first-order valence-electron chi connectivity index (χ1n) is 8.12. The number of carbonyl (C=O) groups excluding carboxylic acids is 1. The standard InChI is InChI=1S/C18H18N4O4S/c1-13-4-2-5-14(10-13)27(24,25)22-12-17(23)21-11-15-18(20-8-7-19-15)16-6-3-9-26-16/h2-10,22H,11-12H2,1H3,(H,21,23). The maximum Gasteiger partial charge on any atom is 0.241 e. The van der Waals surface area contributed by atoms with Gasteiger partial charge in [-0.05, 0) is 36.8 Å². The molecule has 0 aliphatic heterocycles. The molecule has 3 rings (SSSR count). The Morgan fingerprint density at radius 1 is 1.15 bits per heavy atom. The number of aryl methyl sites for hydroxylation is 1. The molecule has 2 heterocycles. The van der Waals surface area contributed by atoms with E-state index in [4.69, 9.17) is 4.42 Å². The first-order chi connectivity index (χ1) is 13.0. The zero-order chi connectivity index (χ0) is 19.3. The van der Waals surface area contributed by atoms with Crippen LogP contribution in [0.4, 0.5) is 0 Å². The number of nitrogens with one attached hydrogen (secondary N) is 2. The number of amides is 1. The summed E-state index contributed by atoms with van der Waals surface area (Å²) in [4.78, 5) is 20.6. The third kappa shape index (κ3) is 4.78. The summed E-state index contributed by atoms with van der Waals surface area (Å²) in [5.41, 5.74) is 1.85. The molecule has 1 amide bonds. The van der Waals surface area contributed by atoms with Crippen LogP contribution in [0.3, 0.4) is 0 Å². The fourth-order valence-electron chi connectivity index (χ4n) is 2.39. The number of nitrogens with zero attached hydrogens (tertiary/aromatic N) is 2. The first-order valence-corrected chi connectivity index (χ1v) is 9.61. The van der Waals surface area contributed by atoms with Gasteiger partial charge in [0.15, 0.2) is 5.76 Å². The molecule has 27 heavy (non-hydrogen) atoms. The van der Waals surface area contributed by atoms with Crippen LogP contribution in [-0.2, 0) is 21.4 Å². The van der Waals surface area contributed by atoms with Crippen molar-refractivity contribution in [3.8, 4) is 11.5 Å². The lowest BCUT2D eigenvalue weighted by atomic mass is 10.2. The minimum Gasteiger partial charge on any atom is -0.463 e. The highest BCUT2D eigenvalue weighted by Gasteiger charge is 2.16. The van der Waals surface area contributed by atoms with Crippen molar-refractivity contribution in [1.82, 2.24) is 20.0 Å². The van der Waals surface area contributed by atoms with Gasteiger partial charge in [-0.15, -0.1) is 0 Å². The fraction of sp³-hybridized carbons (Fsp3) is 0.167. The van der Waals surface area contributed by atoms with Gasteiger partial charge in [-0.2, -0.15) is 0 Å². The van der Waals surface area contributed by atoms with E-state index in [1.807, 2.05) is 0 Å². The van der Waals surface area contributed by atoms with E-state index in [1.165, 1.54) is 30.8 Å². The fourth-order valence-corrected chi connectivity index (χ4v) is 3.47. The Labute approximate surface area is 156 Å². The van der Waals surface area contributed by atoms with E-state index < -0.39 is 15.9 Å². The molecule has 8 nitrogen and oxygen atoms in total. The Hall–Kier alpha value is -3.04. The highest BCUT2D eigenvalue weighted by atomic mass is 32.2. The molecule has 0 fully saturated rings. The van der Waals surface area contributed by atoms with Gasteiger partial charge in [0.2, 0.25) is 15.9 Å². The van der Waals surface area contributed by atoms with Crippen LogP contribution in [-0.4, -0.2) is 30.8 Å². The molecule has 1 aromatic carbocycles. The Bertz CT molecular complexity index is 1030. The summed E-state index contributed by atoms with van der Waals surface area (Å²) < 4.78 is 32.1. The van der Waals surface area contributed by atoms with Crippen LogP contribution in [0.25, 0.3) is 11.5 Å². The molecule has 0 aliphatic rings. The third-order valence-electron chi connectivity index (χ3n) is 3.70. The van der Waals surface area contributed by atoms with Gasteiger partial charge in [0.05, 0.1) is 29.9 Å². The maximum atomic E-state index is 12.2. The van der Waals surface area contributed by atoms with Crippen LogP contribution in [0.5, 0.6) is 0 Å². The van der Waals surface area contributed by atoms with Crippen molar-refractivity contribution >= 4 is 15.9 Å². The van der Waals surface area contributed by atoms with Gasteiger partial charge in [0.25, 0.3) is 0 Å². The Kier molecular flexibility index (Phi) is 5.63. The molecule has 0 radical (unpaired) electrons. The molecule has 140 valence electrons. The number of aromatic nitrogens is 2. The lowest BCUT2D eigenvalue weighted by Gasteiger charge is -2.09. The van der Waals surface area contributed by atoms with Gasteiger partial charge in [0, 0.05) is 12.4 Å². The predicted molar refractivity (Wildman–Crippen MR) is 97.9 cm³/mol. The van der Waals surface area contributed by atoms with Gasteiger partial charge in [0.1, 0.15) is 5.69 Å². The predicted octanol–water partition coefficient (Wildman–Crippen LogP) is 1.64. The average molecular weight is 386 g/mol. The van der Waals surface area contributed by atoms with Crippen LogP contribution in [0, 0.1) is 6.92 Å². The van der Waals surface area contributed by atoms with Crippen LogP contribution < -0.4 is 10.0 Å². The number of rotatable bonds is 7. The second-order valence-corrected chi connectivity index (χ2v) is 7.51. The SMILES string of the molecule is Cc1cccc(S(=O)(=O)NCC(=O)NCc2nccnc2-c2ccco2)c1. The number of sulfonamides is 1. The van der Waals surface area contributed by atoms with Crippen molar-refractivity contribution in [2.45, 2.75) is 18.4 Å². The van der Waals surface area contributed by atoms with Crippen molar-refractivity contribution in [3.63, 3.8) is 0 Å². The van der Waals surface area contributed by atoms with Crippen molar-refractivity contribution < 1.29 is 17.6 Å². The molecule has 2 aromatic heterocycles. The highest BCUT2D eigenvalue weighted by molar-refractivity contribution is 7.89. The van der Waals surface area contributed by atoms with Gasteiger partial charge >= 0.3 is 0 Å². The Balaban J connectivity index is 1.60. The van der Waals surface area contributed by atoms with E-state index in [-0.39, 0.29) is 18.0 Å². The summed E-state index contributed by atoms with van der Waals surface area (Å²) in [5.74, 6) is 0.0507. The van der Waals surface area contributed by atoms with Crippen LogP contribution in [0.2, 0.25) is 0 Å². The third-order valence-corrected chi connectivity index (χ3v) is 5.10. The van der Waals surface area contributed by atoms with Crippen molar-refractivity contribution in [2.24, 2.45) is 0 Å². The van der Waals surface area contributed by atoms with E-state index in [0.29, 0.717) is 17.1 Å². The quantitative estimate of drug-likeness (QED) is 0.638. The van der Waals surface area contributed by atoms with E-state index in [0.717, 1.165) is 5.56 Å². The van der Waals surface area contributed by atoms with E-state index >= 15 is 0 Å². The van der Waals surface area contributed by atoms with Crippen LogP contribution >= 0.6 is 0 Å². The van der Waals surface area contributed by atoms with Gasteiger partial charge in [-0.1, -0.05) is 12.1 Å². The Morgan fingerprint density at radius 3 is 2.70 bits per heavy atom. The summed E-state index contributed by atoms with van der Waals surface area (Å²) in [6.45, 7) is 1.50. The summed E-state index contributed by atoms with van der Waals surface area (Å²) in [6.07, 6.45) is 4.56. The number of hydrogen-bond donors (Lipinski definition) is 2. The van der Waals surface area contributed by atoms with E-state index in [1.54, 1.807) is 31.2 Å². The van der Waals surface area contributed by atoms with Gasteiger partial charge in [-0.25, -0.2) is 18.1 Å². The highest BCUT2D eigenvalue weighted by Crippen LogP contribution is 2.19. The van der Waals surface area contributed by atoms with E-state index in [2.05, 4.69) is 20.0 Å². The summed E-state index contributed by atoms with van der Waals surface area (Å²) in [5, 5.41) is 2.63. The molecule has 0 unspecified atom stereocenters. The lowest BCUT2D eigenvalue weighted by molar-refractivity contribution is -0.120. The molecule has 0 saturated heterocycles. The molecule has 9 heteroatoms. The van der Waals surface area contributed by atoms with E-state index in [9.17, 15) is 13.2 Å². The second kappa shape index (κ2) is 8.11. The maximum absolute atomic E-state index is 12.2. The Morgan fingerprint density at radius 2 is 1.96 bits per heavy atom. The minimum atomic E-state index is -3.76. The molecular formula is C18H18N4O4S. The van der Waals surface area contributed by atoms with Gasteiger partial charge in [-0.3, -0.25) is 9.78 Å². The van der Waals surface area contributed by atoms with Crippen LogP contribution in [0.1, 0.15) is 11.3 Å². The summed E-state index contributed by atoms with van der Waals surface area (Å²) in [7, 11) is -3.76. The van der Waals surface area contributed by atoms with Crippen molar-refractivity contribution in [2.75, 3.05) is 6.54 Å². The molecule has 2 N–H and O–H groups in total. The molecule has 0 spiro atoms. The first kappa shape index (κ1) is 18.7. The van der Waals surface area contributed by atoms with Crippen LogP contribution in [0.15, 0.2) is 64.4 Å². The number of benzene rings is 1. The lowest BCUT2D eigenvalue weighted by Crippen LogP contribution is -2.36. The average Bonchev–Trinajstić information content (AvgIpc) is 3.19. The van der Waals surface area contributed by atoms with Crippen molar-refractivity contribution in [3.05, 3.63) is 66.3 Å². The molecule has 0 atom stereocenters. The summed E-state index contributed by atoms with van der Waals surface area (Å²) >= 11 is 0. The molecule has 0 saturated carbocycles.